The molecule has 0 aromatic carbocycles. The lowest BCUT2D eigenvalue weighted by Gasteiger charge is -2.43. The van der Waals surface area contributed by atoms with E-state index < -0.39 is 17.2 Å². The molecule has 0 aliphatic carbocycles. The van der Waals surface area contributed by atoms with Crippen LogP contribution in [0.3, 0.4) is 0 Å². The van der Waals surface area contributed by atoms with Crippen LogP contribution in [-0.4, -0.2) is 34.5 Å². The van der Waals surface area contributed by atoms with E-state index in [2.05, 4.69) is 6.92 Å². The van der Waals surface area contributed by atoms with Gasteiger partial charge in [0.1, 0.15) is 0 Å². The van der Waals surface area contributed by atoms with Gasteiger partial charge in [-0.25, -0.2) is 0 Å². The molecule has 0 aromatic rings. The Bertz CT molecular complexity index is 153. The van der Waals surface area contributed by atoms with Crippen LogP contribution in [0.15, 0.2) is 0 Å². The SMILES string of the molecule is CCC12COP(OC1)OC2.OP(O)O. The first-order valence-corrected chi connectivity index (χ1v) is 6.43. The van der Waals surface area contributed by atoms with Gasteiger partial charge in [-0.15, -0.1) is 0 Å². The molecule has 3 saturated heterocycles. The minimum Gasteiger partial charge on any atom is -0.328 e. The summed E-state index contributed by atoms with van der Waals surface area (Å²) < 4.78 is 15.9. The topological polar surface area (TPSA) is 88.4 Å². The molecule has 0 atom stereocenters. The maximum atomic E-state index is 7.23. The van der Waals surface area contributed by atoms with Gasteiger partial charge in [0.15, 0.2) is 0 Å². The standard InChI is InChI=1S/C6H11O3P.H3O3P/c1-2-6-3-7-10(8-4-6)9-5-6;1-4(2)3/h2-5H2,1H3;1-3H. The highest BCUT2D eigenvalue weighted by atomic mass is 31.2. The maximum absolute atomic E-state index is 7.23. The highest BCUT2D eigenvalue weighted by Crippen LogP contribution is 2.54. The van der Waals surface area contributed by atoms with Crippen molar-refractivity contribution in [2.24, 2.45) is 5.41 Å². The second kappa shape index (κ2) is 5.64. The summed E-state index contributed by atoms with van der Waals surface area (Å²) in [6, 6.07) is 0. The zero-order chi connectivity index (χ0) is 10.6. The number of hydrogen-bond acceptors (Lipinski definition) is 6. The average Bonchev–Trinajstić information content (AvgIpc) is 2.20. The van der Waals surface area contributed by atoms with Crippen LogP contribution in [0, 0.1) is 5.41 Å². The van der Waals surface area contributed by atoms with Gasteiger partial charge < -0.3 is 28.3 Å². The number of rotatable bonds is 1. The van der Waals surface area contributed by atoms with Crippen molar-refractivity contribution in [2.45, 2.75) is 13.3 Å². The molecule has 0 spiro atoms. The van der Waals surface area contributed by atoms with Crippen molar-refractivity contribution in [3.8, 4) is 0 Å². The van der Waals surface area contributed by atoms with Gasteiger partial charge in [0.05, 0.1) is 19.8 Å². The number of hydrogen-bond donors (Lipinski definition) is 3. The normalized spacial score (nSPS) is 35.4. The second-order valence-corrected chi connectivity index (χ2v) is 4.92. The van der Waals surface area contributed by atoms with Crippen molar-refractivity contribution >= 4 is 17.2 Å². The van der Waals surface area contributed by atoms with Crippen molar-refractivity contribution in [1.29, 1.82) is 0 Å². The summed E-state index contributed by atoms with van der Waals surface area (Å²) in [5, 5.41) is 0. The highest BCUT2D eigenvalue weighted by Gasteiger charge is 2.43. The van der Waals surface area contributed by atoms with Crippen LogP contribution >= 0.6 is 17.2 Å². The Morgan fingerprint density at radius 1 is 1.14 bits per heavy atom. The first-order chi connectivity index (χ1) is 6.58. The summed E-state index contributed by atoms with van der Waals surface area (Å²) in [5.74, 6) is 0. The fraction of sp³-hybridized carbons (Fsp3) is 1.00. The third kappa shape index (κ3) is 3.65. The van der Waals surface area contributed by atoms with Crippen LogP contribution in [0.5, 0.6) is 0 Å². The molecule has 3 aliphatic rings. The van der Waals surface area contributed by atoms with Crippen molar-refractivity contribution in [3.05, 3.63) is 0 Å². The Morgan fingerprint density at radius 3 is 1.71 bits per heavy atom. The molecule has 3 N–H and O–H groups in total. The van der Waals surface area contributed by atoms with Gasteiger partial charge >= 0.3 is 17.2 Å². The highest BCUT2D eigenvalue weighted by molar-refractivity contribution is 7.41. The van der Waals surface area contributed by atoms with Crippen LogP contribution < -0.4 is 0 Å². The summed E-state index contributed by atoms with van der Waals surface area (Å²) in [6.07, 6.45) is 1.08. The summed E-state index contributed by atoms with van der Waals surface area (Å²) in [5.41, 5.74) is 0.178. The second-order valence-electron chi connectivity index (χ2n) is 3.17. The smallest absolute Gasteiger partial charge is 0.328 e. The molecule has 3 fully saturated rings. The van der Waals surface area contributed by atoms with Crippen LogP contribution in [-0.2, 0) is 13.6 Å². The van der Waals surface area contributed by atoms with Crippen molar-refractivity contribution in [3.63, 3.8) is 0 Å². The summed E-state index contributed by atoms with van der Waals surface area (Å²) in [7, 11) is -3.56. The minimum absolute atomic E-state index is 0.178. The van der Waals surface area contributed by atoms with Crippen molar-refractivity contribution in [2.75, 3.05) is 19.8 Å². The molecule has 3 aliphatic heterocycles. The van der Waals surface area contributed by atoms with E-state index in [1.165, 1.54) is 0 Å². The molecule has 0 saturated carbocycles. The molecule has 14 heavy (non-hydrogen) atoms. The lowest BCUT2D eigenvalue weighted by atomic mass is 9.88. The van der Waals surface area contributed by atoms with Gasteiger partial charge in [-0.05, 0) is 6.42 Å². The average molecular weight is 244 g/mol. The van der Waals surface area contributed by atoms with E-state index in [0.29, 0.717) is 0 Å². The fourth-order valence-corrected chi connectivity index (χ4v) is 2.47. The first-order valence-electron chi connectivity index (χ1n) is 4.14. The molecule has 0 aromatic heterocycles. The molecule has 3 heterocycles. The Labute approximate surface area is 84.8 Å². The molecule has 84 valence electrons. The van der Waals surface area contributed by atoms with E-state index >= 15 is 0 Å². The van der Waals surface area contributed by atoms with E-state index in [1.54, 1.807) is 0 Å². The lowest BCUT2D eigenvalue weighted by Crippen LogP contribution is -2.42. The molecule has 0 radical (unpaired) electrons. The van der Waals surface area contributed by atoms with Gasteiger partial charge in [0, 0.05) is 5.41 Å². The predicted molar refractivity (Wildman–Crippen MR) is 51.1 cm³/mol. The van der Waals surface area contributed by atoms with E-state index in [-0.39, 0.29) is 5.41 Å². The molecular weight excluding hydrogens is 230 g/mol. The van der Waals surface area contributed by atoms with Crippen molar-refractivity contribution < 1.29 is 28.3 Å². The van der Waals surface area contributed by atoms with Gasteiger partial charge in [-0.3, -0.25) is 0 Å². The van der Waals surface area contributed by atoms with Crippen LogP contribution in [0.4, 0.5) is 0 Å². The summed E-state index contributed by atoms with van der Waals surface area (Å²) in [4.78, 5) is 21.7. The summed E-state index contributed by atoms with van der Waals surface area (Å²) >= 11 is 0. The monoisotopic (exact) mass is 244 g/mol. The van der Waals surface area contributed by atoms with E-state index in [1.807, 2.05) is 0 Å². The van der Waals surface area contributed by atoms with Crippen molar-refractivity contribution in [1.82, 2.24) is 0 Å². The molecular formula is C6H14O6P2. The third-order valence-electron chi connectivity index (χ3n) is 2.18. The molecule has 8 heteroatoms. The molecule has 2 bridgehead atoms. The lowest BCUT2D eigenvalue weighted by molar-refractivity contribution is -0.0743. The van der Waals surface area contributed by atoms with Gasteiger partial charge in [0.25, 0.3) is 0 Å². The zero-order valence-corrected chi connectivity index (χ0v) is 9.58. The van der Waals surface area contributed by atoms with E-state index in [9.17, 15) is 0 Å². The Balaban J connectivity index is 0.000000213. The Hall–Kier alpha value is 0.620. The maximum Gasteiger partial charge on any atom is 0.332 e. The first kappa shape index (κ1) is 12.7. The zero-order valence-electron chi connectivity index (χ0n) is 7.79. The number of fused-ring (bicyclic) bond motifs is 3. The van der Waals surface area contributed by atoms with Crippen LogP contribution in [0.1, 0.15) is 13.3 Å². The molecule has 0 amide bonds. The van der Waals surface area contributed by atoms with E-state index in [0.717, 1.165) is 26.2 Å². The third-order valence-corrected chi connectivity index (χ3v) is 3.20. The van der Waals surface area contributed by atoms with Gasteiger partial charge in [-0.2, -0.15) is 0 Å². The largest absolute Gasteiger partial charge is 0.332 e. The quantitative estimate of drug-likeness (QED) is 0.593. The predicted octanol–water partition coefficient (Wildman–Crippen LogP) is 0.877. The molecule has 6 nitrogen and oxygen atoms in total. The van der Waals surface area contributed by atoms with Gasteiger partial charge in [-0.1, -0.05) is 6.92 Å². The van der Waals surface area contributed by atoms with Crippen LogP contribution in [0.25, 0.3) is 0 Å². The van der Waals surface area contributed by atoms with E-state index in [4.69, 9.17) is 28.3 Å². The Kier molecular flexibility index (Phi) is 5.11. The van der Waals surface area contributed by atoms with Gasteiger partial charge in [0.2, 0.25) is 0 Å². The molecule has 3 rings (SSSR count). The summed E-state index contributed by atoms with van der Waals surface area (Å²) in [6.45, 7) is 4.63. The fourth-order valence-electron chi connectivity index (χ4n) is 1.11. The van der Waals surface area contributed by atoms with Crippen LogP contribution in [0.2, 0.25) is 0 Å². The minimum atomic E-state index is -2.62. The molecule has 0 unspecified atom stereocenters. The Morgan fingerprint density at radius 2 is 1.50 bits per heavy atom.